The third-order valence-corrected chi connectivity index (χ3v) is 3.85. The van der Waals surface area contributed by atoms with Crippen molar-refractivity contribution in [2.24, 2.45) is 0 Å². The molecule has 5 heteroatoms. The molecular weight excluding hydrogens is 276 g/mol. The average Bonchev–Trinajstić information content (AvgIpc) is 2.37. The third kappa shape index (κ3) is 3.15. The van der Waals surface area contributed by atoms with Crippen molar-refractivity contribution in [1.29, 1.82) is 0 Å². The Balaban J connectivity index is 2.09. The number of morpholine rings is 1. The van der Waals surface area contributed by atoms with E-state index in [1.54, 1.807) is 18.2 Å². The van der Waals surface area contributed by atoms with Gasteiger partial charge in [-0.2, -0.15) is 0 Å². The molecule has 1 aromatic rings. The van der Waals surface area contributed by atoms with E-state index < -0.39 is 0 Å². The highest BCUT2D eigenvalue weighted by atomic mass is 35.5. The normalized spacial score (nSPS) is 25.3. The van der Waals surface area contributed by atoms with E-state index in [0.29, 0.717) is 24.6 Å². The van der Waals surface area contributed by atoms with Gasteiger partial charge in [-0.1, -0.05) is 23.7 Å². The van der Waals surface area contributed by atoms with Gasteiger partial charge in [-0.3, -0.25) is 4.90 Å². The minimum atomic E-state index is -0.333. The minimum absolute atomic E-state index is 0.0186. The van der Waals surface area contributed by atoms with Gasteiger partial charge in [0, 0.05) is 30.6 Å². The molecule has 1 heterocycles. The number of halogens is 3. The van der Waals surface area contributed by atoms with Crippen LogP contribution in [0.15, 0.2) is 18.2 Å². The van der Waals surface area contributed by atoms with E-state index in [0.717, 1.165) is 6.54 Å². The molecule has 0 saturated carbocycles. The van der Waals surface area contributed by atoms with Gasteiger partial charge < -0.3 is 4.74 Å². The first-order valence-electron chi connectivity index (χ1n) is 5.96. The van der Waals surface area contributed by atoms with Gasteiger partial charge >= 0.3 is 0 Å². The Morgan fingerprint density at radius 2 is 2.28 bits per heavy atom. The Morgan fingerprint density at radius 1 is 1.50 bits per heavy atom. The molecule has 18 heavy (non-hydrogen) atoms. The quantitative estimate of drug-likeness (QED) is 0.793. The summed E-state index contributed by atoms with van der Waals surface area (Å²) in [7, 11) is 0. The van der Waals surface area contributed by atoms with Gasteiger partial charge in [0.15, 0.2) is 0 Å². The standard InChI is InChI=1S/C13H16Cl2FNO/c1-9-8-18-11(5-14)7-17(9)6-10-3-2-4-12(15)13(10)16/h2-4,9,11H,5-8H2,1H3. The Bertz CT molecular complexity index is 416. The van der Waals surface area contributed by atoms with Crippen LogP contribution in [0.2, 0.25) is 5.02 Å². The summed E-state index contributed by atoms with van der Waals surface area (Å²) in [5, 5.41) is 0.169. The molecule has 1 aliphatic heterocycles. The van der Waals surface area contributed by atoms with Crippen molar-refractivity contribution in [2.75, 3.05) is 19.0 Å². The summed E-state index contributed by atoms with van der Waals surface area (Å²) in [5.74, 6) is 0.126. The summed E-state index contributed by atoms with van der Waals surface area (Å²) in [6.45, 7) is 3.94. The Morgan fingerprint density at radius 3 is 3.00 bits per heavy atom. The zero-order valence-electron chi connectivity index (χ0n) is 10.2. The number of rotatable bonds is 3. The molecule has 0 bridgehead atoms. The highest BCUT2D eigenvalue weighted by Gasteiger charge is 2.26. The summed E-state index contributed by atoms with van der Waals surface area (Å²) < 4.78 is 19.4. The fourth-order valence-corrected chi connectivity index (χ4v) is 2.46. The van der Waals surface area contributed by atoms with E-state index >= 15 is 0 Å². The zero-order chi connectivity index (χ0) is 13.1. The zero-order valence-corrected chi connectivity index (χ0v) is 11.7. The number of benzene rings is 1. The molecule has 1 fully saturated rings. The fourth-order valence-electron chi connectivity index (χ4n) is 2.08. The lowest BCUT2D eigenvalue weighted by Crippen LogP contribution is -2.48. The first-order chi connectivity index (χ1) is 8.61. The molecule has 0 spiro atoms. The molecule has 0 aromatic heterocycles. The number of ether oxygens (including phenoxy) is 1. The van der Waals surface area contributed by atoms with Crippen LogP contribution in [0.1, 0.15) is 12.5 Å². The second-order valence-electron chi connectivity index (χ2n) is 4.60. The highest BCUT2D eigenvalue weighted by Crippen LogP contribution is 2.22. The van der Waals surface area contributed by atoms with E-state index in [1.165, 1.54) is 0 Å². The maximum atomic E-state index is 13.8. The lowest BCUT2D eigenvalue weighted by Gasteiger charge is -2.37. The van der Waals surface area contributed by atoms with Crippen LogP contribution in [-0.4, -0.2) is 36.1 Å². The van der Waals surface area contributed by atoms with Crippen molar-refractivity contribution >= 4 is 23.2 Å². The van der Waals surface area contributed by atoms with Gasteiger partial charge in [-0.05, 0) is 13.0 Å². The number of alkyl halides is 1. The molecule has 1 aromatic carbocycles. The third-order valence-electron chi connectivity index (χ3n) is 3.21. The van der Waals surface area contributed by atoms with Crippen LogP contribution >= 0.6 is 23.2 Å². The average molecular weight is 292 g/mol. The Kier molecular flexibility index (Phi) is 4.84. The molecular formula is C13H16Cl2FNO. The second kappa shape index (κ2) is 6.20. The lowest BCUT2D eigenvalue weighted by molar-refractivity contribution is -0.0513. The molecule has 2 nitrogen and oxygen atoms in total. The molecule has 1 aliphatic rings. The van der Waals surface area contributed by atoms with E-state index in [1.807, 2.05) is 0 Å². The van der Waals surface area contributed by atoms with Crippen molar-refractivity contribution in [3.63, 3.8) is 0 Å². The topological polar surface area (TPSA) is 12.5 Å². The predicted octanol–water partition coefficient (Wildman–Crippen LogP) is 3.31. The van der Waals surface area contributed by atoms with Crippen LogP contribution in [0.4, 0.5) is 4.39 Å². The summed E-state index contributed by atoms with van der Waals surface area (Å²) in [4.78, 5) is 2.17. The van der Waals surface area contributed by atoms with Gasteiger partial charge in [0.1, 0.15) is 5.82 Å². The molecule has 2 unspecified atom stereocenters. The Labute approximate surface area is 117 Å². The van der Waals surface area contributed by atoms with Crippen LogP contribution in [0.5, 0.6) is 0 Å². The summed E-state index contributed by atoms with van der Waals surface area (Å²) >= 11 is 11.6. The van der Waals surface area contributed by atoms with Crippen molar-refractivity contribution < 1.29 is 9.13 Å². The van der Waals surface area contributed by atoms with Gasteiger partial charge in [0.2, 0.25) is 0 Å². The van der Waals surface area contributed by atoms with Crippen molar-refractivity contribution in [1.82, 2.24) is 4.90 Å². The summed E-state index contributed by atoms with van der Waals surface area (Å²) in [6.07, 6.45) is 0.0186. The molecule has 1 saturated heterocycles. The van der Waals surface area contributed by atoms with Gasteiger partial charge in [-0.25, -0.2) is 4.39 Å². The minimum Gasteiger partial charge on any atom is -0.374 e. The molecule has 0 N–H and O–H groups in total. The van der Waals surface area contributed by atoms with Gasteiger partial charge in [0.05, 0.1) is 17.7 Å². The molecule has 0 aliphatic carbocycles. The van der Waals surface area contributed by atoms with E-state index in [9.17, 15) is 4.39 Å². The van der Waals surface area contributed by atoms with Crippen LogP contribution in [-0.2, 0) is 11.3 Å². The molecule has 0 amide bonds. The van der Waals surface area contributed by atoms with Crippen LogP contribution in [0.25, 0.3) is 0 Å². The largest absolute Gasteiger partial charge is 0.374 e. The van der Waals surface area contributed by atoms with Crippen molar-refractivity contribution in [3.8, 4) is 0 Å². The van der Waals surface area contributed by atoms with Crippen LogP contribution in [0, 0.1) is 5.82 Å². The van der Waals surface area contributed by atoms with Gasteiger partial charge in [-0.15, -0.1) is 11.6 Å². The van der Waals surface area contributed by atoms with E-state index in [4.69, 9.17) is 27.9 Å². The number of hydrogen-bond acceptors (Lipinski definition) is 2. The molecule has 0 radical (unpaired) electrons. The smallest absolute Gasteiger partial charge is 0.146 e. The van der Waals surface area contributed by atoms with E-state index in [2.05, 4.69) is 11.8 Å². The van der Waals surface area contributed by atoms with Crippen molar-refractivity contribution in [3.05, 3.63) is 34.6 Å². The lowest BCUT2D eigenvalue weighted by atomic mass is 10.1. The monoisotopic (exact) mass is 291 g/mol. The molecule has 100 valence electrons. The van der Waals surface area contributed by atoms with Crippen LogP contribution in [0.3, 0.4) is 0 Å². The van der Waals surface area contributed by atoms with Gasteiger partial charge in [0.25, 0.3) is 0 Å². The molecule has 2 atom stereocenters. The second-order valence-corrected chi connectivity index (χ2v) is 5.32. The van der Waals surface area contributed by atoms with Crippen LogP contribution < -0.4 is 0 Å². The van der Waals surface area contributed by atoms with E-state index in [-0.39, 0.29) is 23.0 Å². The molecule has 2 rings (SSSR count). The maximum Gasteiger partial charge on any atom is 0.146 e. The SMILES string of the molecule is CC1COC(CCl)CN1Cc1cccc(Cl)c1F. The maximum absolute atomic E-state index is 13.8. The fraction of sp³-hybridized carbons (Fsp3) is 0.538. The predicted molar refractivity (Wildman–Crippen MR) is 71.7 cm³/mol. The number of nitrogens with zero attached hydrogens (tertiary/aromatic N) is 1. The Hall–Kier alpha value is -0.350. The highest BCUT2D eigenvalue weighted by molar-refractivity contribution is 6.30. The summed E-state index contributed by atoms with van der Waals surface area (Å²) in [6, 6.07) is 5.34. The first kappa shape index (κ1) is 14.1. The number of hydrogen-bond donors (Lipinski definition) is 0. The summed E-state index contributed by atoms with van der Waals surface area (Å²) in [5.41, 5.74) is 0.615. The first-order valence-corrected chi connectivity index (χ1v) is 6.87. The van der Waals surface area contributed by atoms with Crippen molar-refractivity contribution in [2.45, 2.75) is 25.6 Å².